The number of thiazole rings is 1. The molecule has 0 bridgehead atoms. The molecule has 0 fully saturated rings. The summed E-state index contributed by atoms with van der Waals surface area (Å²) in [4.78, 5) is 5.05. The lowest BCUT2D eigenvalue weighted by Crippen LogP contribution is -2.14. The summed E-state index contributed by atoms with van der Waals surface area (Å²) in [6.45, 7) is 8.36. The van der Waals surface area contributed by atoms with Crippen molar-refractivity contribution in [2.24, 2.45) is 11.7 Å². The highest BCUT2D eigenvalue weighted by Gasteiger charge is 2.10. The molecule has 2 N–H and O–H groups in total. The van der Waals surface area contributed by atoms with Crippen LogP contribution >= 0.6 is 47.6 Å². The zero-order chi connectivity index (χ0) is 14.1. The lowest BCUT2D eigenvalue weighted by atomic mass is 10.1. The summed E-state index contributed by atoms with van der Waals surface area (Å²) in [5, 5.41) is 3.30. The van der Waals surface area contributed by atoms with Crippen LogP contribution in [-0.2, 0) is 5.88 Å². The van der Waals surface area contributed by atoms with Gasteiger partial charge >= 0.3 is 0 Å². The minimum Gasteiger partial charge on any atom is -0.393 e. The van der Waals surface area contributed by atoms with Gasteiger partial charge in [0.2, 0.25) is 0 Å². The average Bonchev–Trinajstić information content (AvgIpc) is 2.80. The summed E-state index contributed by atoms with van der Waals surface area (Å²) in [7, 11) is 0. The largest absolute Gasteiger partial charge is 0.393 e. The number of rotatable bonds is 5. The number of hydrogen-bond donors (Lipinski definition) is 1. The van der Waals surface area contributed by atoms with Crippen LogP contribution in [0.25, 0.3) is 0 Å². The van der Waals surface area contributed by atoms with Gasteiger partial charge in [-0.25, -0.2) is 4.98 Å². The maximum Gasteiger partial charge on any atom is 0.0959 e. The van der Waals surface area contributed by atoms with E-state index in [1.165, 1.54) is 17.8 Å². The van der Waals surface area contributed by atoms with Crippen LogP contribution in [0.4, 0.5) is 0 Å². The van der Waals surface area contributed by atoms with Gasteiger partial charge < -0.3 is 5.73 Å². The highest BCUT2D eigenvalue weighted by molar-refractivity contribution is 7.80. The van der Waals surface area contributed by atoms with Crippen LogP contribution in [0.3, 0.4) is 0 Å². The number of hydrogen-bond acceptors (Lipinski definition) is 3. The van der Waals surface area contributed by atoms with E-state index in [-0.39, 0.29) is 12.4 Å². The minimum absolute atomic E-state index is 0. The molecule has 0 aliphatic rings. The fraction of sp³-hybridized carbons (Fsp3) is 0.692. The van der Waals surface area contributed by atoms with Crippen LogP contribution in [0.2, 0.25) is 0 Å². The Kier molecular flexibility index (Phi) is 13.4. The molecule has 19 heavy (non-hydrogen) atoms. The predicted molar refractivity (Wildman–Crippen MR) is 93.9 cm³/mol. The molecule has 0 saturated carbocycles. The van der Waals surface area contributed by atoms with E-state index in [0.717, 1.165) is 5.69 Å². The molecule has 0 aliphatic heterocycles. The zero-order valence-corrected chi connectivity index (χ0v) is 15.2. The number of aromatic nitrogens is 1. The zero-order valence-electron chi connectivity index (χ0n) is 12.0. The maximum atomic E-state index is 5.68. The van der Waals surface area contributed by atoms with Crippen molar-refractivity contribution in [3.05, 3.63) is 16.1 Å². The molecule has 1 aromatic rings. The predicted octanol–water partition coefficient (Wildman–Crippen LogP) is 5.14. The van der Waals surface area contributed by atoms with Crippen LogP contribution in [0.15, 0.2) is 5.38 Å². The van der Waals surface area contributed by atoms with E-state index in [2.05, 4.69) is 36.4 Å². The normalized spacial score (nSPS) is 9.84. The van der Waals surface area contributed by atoms with E-state index in [1.807, 2.05) is 13.8 Å². The molecule has 0 amide bonds. The van der Waals surface area contributed by atoms with E-state index < -0.39 is 0 Å². The second-order valence-corrected chi connectivity index (χ2v) is 6.01. The molecule has 1 aromatic heterocycles. The van der Waals surface area contributed by atoms with Crippen molar-refractivity contribution < 1.29 is 0 Å². The quantitative estimate of drug-likeness (QED) is 0.594. The molecular formula is C13H24Cl2N2S2. The molecular weight excluding hydrogens is 319 g/mol. The Balaban J connectivity index is 0. The molecule has 1 rings (SSSR count). The lowest BCUT2D eigenvalue weighted by molar-refractivity contribution is 0.636. The molecule has 0 spiro atoms. The van der Waals surface area contributed by atoms with Gasteiger partial charge in [-0.05, 0) is 12.8 Å². The average molecular weight is 343 g/mol. The molecule has 1 heterocycles. The topological polar surface area (TPSA) is 38.9 Å². The smallest absolute Gasteiger partial charge is 0.0959 e. The molecule has 0 unspecified atom stereocenters. The second-order valence-electron chi connectivity index (χ2n) is 4.38. The fourth-order valence-electron chi connectivity index (χ4n) is 1.21. The Morgan fingerprint density at radius 2 is 1.89 bits per heavy atom. The lowest BCUT2D eigenvalue weighted by Gasteiger charge is -2.06. The Morgan fingerprint density at radius 3 is 2.16 bits per heavy atom. The van der Waals surface area contributed by atoms with Crippen LogP contribution < -0.4 is 5.73 Å². The third-order valence-corrected chi connectivity index (χ3v) is 4.41. The molecule has 0 aromatic carbocycles. The first-order chi connectivity index (χ1) is 8.46. The van der Waals surface area contributed by atoms with E-state index >= 15 is 0 Å². The highest BCUT2D eigenvalue weighted by atomic mass is 35.5. The van der Waals surface area contributed by atoms with Crippen LogP contribution in [-0.4, -0.2) is 9.97 Å². The van der Waals surface area contributed by atoms with E-state index in [4.69, 9.17) is 17.3 Å². The third kappa shape index (κ3) is 8.79. The van der Waals surface area contributed by atoms with Gasteiger partial charge in [0.15, 0.2) is 0 Å². The SMILES string of the molecule is CC(C)C(N)=S.CCC(CC)c1nc(CCl)cs1.Cl. The second kappa shape index (κ2) is 11.9. The Bertz CT molecular complexity index is 350. The molecule has 112 valence electrons. The summed E-state index contributed by atoms with van der Waals surface area (Å²) in [6, 6.07) is 0. The van der Waals surface area contributed by atoms with Gasteiger partial charge in [-0.2, -0.15) is 0 Å². The highest BCUT2D eigenvalue weighted by Crippen LogP contribution is 2.26. The number of alkyl halides is 1. The minimum atomic E-state index is 0. The van der Waals surface area contributed by atoms with E-state index in [9.17, 15) is 0 Å². The van der Waals surface area contributed by atoms with Gasteiger partial charge in [-0.1, -0.05) is 39.9 Å². The molecule has 2 nitrogen and oxygen atoms in total. The first-order valence-electron chi connectivity index (χ1n) is 6.25. The van der Waals surface area contributed by atoms with Crippen molar-refractivity contribution in [3.8, 4) is 0 Å². The third-order valence-electron chi connectivity index (χ3n) is 2.61. The summed E-state index contributed by atoms with van der Waals surface area (Å²) in [6.07, 6.45) is 2.34. The van der Waals surface area contributed by atoms with Crippen molar-refractivity contribution in [3.63, 3.8) is 0 Å². The molecule has 0 radical (unpaired) electrons. The monoisotopic (exact) mass is 342 g/mol. The van der Waals surface area contributed by atoms with Crippen LogP contribution in [0.5, 0.6) is 0 Å². The van der Waals surface area contributed by atoms with Crippen LogP contribution in [0, 0.1) is 5.92 Å². The summed E-state index contributed by atoms with van der Waals surface area (Å²) in [5.41, 5.74) is 6.18. The van der Waals surface area contributed by atoms with E-state index in [1.54, 1.807) is 11.3 Å². The standard InChI is InChI=1S/C9H14ClNS.C4H9NS.ClH/c1-3-7(4-2)9-11-8(5-10)6-12-9;1-3(2)4(5)6;/h6-7H,3-5H2,1-2H3;3H,1-2H3,(H2,5,6);1H. The van der Waals surface area contributed by atoms with Gasteiger partial charge in [0.1, 0.15) is 0 Å². The first-order valence-corrected chi connectivity index (χ1v) is 8.07. The number of thiocarbonyl (C=S) groups is 1. The van der Waals surface area contributed by atoms with Gasteiger partial charge in [0.05, 0.1) is 21.6 Å². The molecule has 0 atom stereocenters. The summed E-state index contributed by atoms with van der Waals surface area (Å²) >= 11 is 12.0. The molecule has 0 aliphatic carbocycles. The van der Waals surface area contributed by atoms with Crippen molar-refractivity contribution in [2.45, 2.75) is 52.3 Å². The van der Waals surface area contributed by atoms with Crippen molar-refractivity contribution in [1.82, 2.24) is 4.98 Å². The first kappa shape index (κ1) is 21.4. The number of nitrogens with zero attached hydrogens (tertiary/aromatic N) is 1. The van der Waals surface area contributed by atoms with Gasteiger partial charge in [0, 0.05) is 17.2 Å². The Hall–Kier alpha value is 0.1000. The van der Waals surface area contributed by atoms with Crippen LogP contribution in [0.1, 0.15) is 57.2 Å². The Morgan fingerprint density at radius 1 is 1.42 bits per heavy atom. The van der Waals surface area contributed by atoms with Gasteiger partial charge in [0.25, 0.3) is 0 Å². The Labute approximate surface area is 137 Å². The number of nitrogens with two attached hydrogens (primary N) is 1. The molecule has 0 saturated heterocycles. The maximum absolute atomic E-state index is 5.68. The summed E-state index contributed by atoms with van der Waals surface area (Å²) < 4.78 is 0. The van der Waals surface area contributed by atoms with Crippen molar-refractivity contribution >= 4 is 52.6 Å². The van der Waals surface area contributed by atoms with Gasteiger partial charge in [-0.15, -0.1) is 35.3 Å². The van der Waals surface area contributed by atoms with Crippen molar-refractivity contribution in [2.75, 3.05) is 0 Å². The van der Waals surface area contributed by atoms with E-state index in [0.29, 0.717) is 22.7 Å². The molecule has 6 heteroatoms. The fourth-order valence-corrected chi connectivity index (χ4v) is 2.53. The van der Waals surface area contributed by atoms with Crippen molar-refractivity contribution in [1.29, 1.82) is 0 Å². The summed E-state index contributed by atoms with van der Waals surface area (Å²) in [5.74, 6) is 1.53. The number of halogens is 2. The van der Waals surface area contributed by atoms with Gasteiger partial charge in [-0.3, -0.25) is 0 Å².